The Labute approximate surface area is 177 Å². The molecule has 0 aliphatic rings. The Hall–Kier alpha value is -3.37. The number of methoxy groups -OCH3 is 2. The molecular weight excluding hydrogens is 403 g/mol. The van der Waals surface area contributed by atoms with Crippen molar-refractivity contribution < 1.29 is 18.7 Å². The number of aromatic amines is 1. The van der Waals surface area contributed by atoms with Crippen molar-refractivity contribution in [3.05, 3.63) is 42.0 Å². The number of hydrogen-bond acceptors (Lipinski definition) is 6. The lowest BCUT2D eigenvalue weighted by atomic mass is 10.1. The van der Waals surface area contributed by atoms with Gasteiger partial charge >= 0.3 is 0 Å². The van der Waals surface area contributed by atoms with Crippen LogP contribution < -0.4 is 5.32 Å². The Kier molecular flexibility index (Phi) is 5.66. The van der Waals surface area contributed by atoms with Crippen LogP contribution in [0.15, 0.2) is 30.6 Å². The molecule has 0 aliphatic heterocycles. The average molecular weight is 426 g/mol. The maximum Gasteiger partial charge on any atom is 0.255 e. The second-order valence-corrected chi connectivity index (χ2v) is 7.26. The minimum atomic E-state index is -0.343. The van der Waals surface area contributed by atoms with Crippen molar-refractivity contribution in [3.8, 4) is 11.4 Å². The van der Waals surface area contributed by atoms with Crippen LogP contribution in [-0.2, 0) is 16.5 Å². The van der Waals surface area contributed by atoms with Crippen LogP contribution in [0, 0.1) is 5.82 Å². The predicted molar refractivity (Wildman–Crippen MR) is 113 cm³/mol. The van der Waals surface area contributed by atoms with Crippen molar-refractivity contribution in [2.24, 2.45) is 7.05 Å². The van der Waals surface area contributed by atoms with E-state index in [0.717, 1.165) is 5.39 Å². The number of H-pyrrole nitrogens is 1. The molecule has 4 rings (SSSR count). The van der Waals surface area contributed by atoms with Crippen molar-refractivity contribution in [1.82, 2.24) is 30.0 Å². The Morgan fingerprint density at radius 1 is 1.35 bits per heavy atom. The summed E-state index contributed by atoms with van der Waals surface area (Å²) in [6, 6.07) is 4.12. The molecule has 10 heteroatoms. The molecule has 0 radical (unpaired) electrons. The van der Waals surface area contributed by atoms with Crippen molar-refractivity contribution in [3.63, 3.8) is 0 Å². The van der Waals surface area contributed by atoms with Crippen LogP contribution in [0.4, 0.5) is 4.39 Å². The van der Waals surface area contributed by atoms with Crippen LogP contribution in [0.5, 0.6) is 0 Å². The monoisotopic (exact) mass is 426 g/mol. The van der Waals surface area contributed by atoms with Crippen LogP contribution in [0.2, 0.25) is 0 Å². The van der Waals surface area contributed by atoms with Crippen LogP contribution >= 0.6 is 0 Å². The van der Waals surface area contributed by atoms with Gasteiger partial charge < -0.3 is 19.8 Å². The number of nitrogens with one attached hydrogen (secondary N) is 2. The zero-order valence-electron chi connectivity index (χ0n) is 17.6. The lowest BCUT2D eigenvalue weighted by Crippen LogP contribution is -2.45. The number of carbonyl (C=O) groups excluding carboxylic acids is 1. The van der Waals surface area contributed by atoms with Crippen molar-refractivity contribution in [1.29, 1.82) is 0 Å². The maximum absolute atomic E-state index is 13.6. The standard InChI is InChI=1S/C21H23FN6O3/c1-11(31-4)16(10-30-3)26-21(29)14-8-23-20-19(14)25-15(9-24-20)18-13-6-5-12(22)7-17(13)28(2)27-18/h5-9,11,16H,10H2,1-4H3,(H,23,24)(H,26,29). The van der Waals surface area contributed by atoms with Crippen molar-refractivity contribution >= 4 is 28.0 Å². The number of aryl methyl sites for hydroxylation is 1. The first-order chi connectivity index (χ1) is 14.9. The Morgan fingerprint density at radius 2 is 2.16 bits per heavy atom. The fourth-order valence-electron chi connectivity index (χ4n) is 3.48. The summed E-state index contributed by atoms with van der Waals surface area (Å²) in [6.45, 7) is 2.16. The summed E-state index contributed by atoms with van der Waals surface area (Å²) in [5.74, 6) is -0.666. The van der Waals surface area contributed by atoms with Crippen LogP contribution in [-0.4, -0.2) is 63.6 Å². The summed E-state index contributed by atoms with van der Waals surface area (Å²) >= 11 is 0. The van der Waals surface area contributed by atoms with Crippen molar-refractivity contribution in [2.45, 2.75) is 19.1 Å². The predicted octanol–water partition coefficient (Wildman–Crippen LogP) is 2.43. The van der Waals surface area contributed by atoms with E-state index in [-0.39, 0.29) is 23.9 Å². The normalized spacial score (nSPS) is 13.6. The molecule has 2 atom stereocenters. The molecule has 0 saturated carbocycles. The van der Waals surface area contributed by atoms with E-state index in [1.54, 1.807) is 44.4 Å². The topological polar surface area (TPSA) is 107 Å². The highest BCUT2D eigenvalue weighted by Gasteiger charge is 2.23. The molecule has 0 spiro atoms. The third-order valence-electron chi connectivity index (χ3n) is 5.28. The quantitative estimate of drug-likeness (QED) is 0.470. The van der Waals surface area contributed by atoms with Gasteiger partial charge in [0.25, 0.3) is 5.91 Å². The second-order valence-electron chi connectivity index (χ2n) is 7.26. The molecule has 0 bridgehead atoms. The summed E-state index contributed by atoms with van der Waals surface area (Å²) in [5.41, 5.74) is 2.92. The lowest BCUT2D eigenvalue weighted by molar-refractivity contribution is 0.0422. The smallest absolute Gasteiger partial charge is 0.255 e. The summed E-state index contributed by atoms with van der Waals surface area (Å²) in [7, 11) is 4.87. The van der Waals surface area contributed by atoms with Crippen LogP contribution in [0.1, 0.15) is 17.3 Å². The minimum Gasteiger partial charge on any atom is -0.382 e. The average Bonchev–Trinajstić information content (AvgIpc) is 3.33. The number of fused-ring (bicyclic) bond motifs is 2. The molecular formula is C21H23FN6O3. The zero-order valence-corrected chi connectivity index (χ0v) is 17.6. The minimum absolute atomic E-state index is 0.240. The molecule has 1 amide bonds. The number of ether oxygens (including phenoxy) is 2. The van der Waals surface area contributed by atoms with Gasteiger partial charge in [0.05, 0.1) is 36.0 Å². The number of aromatic nitrogens is 5. The van der Waals surface area contributed by atoms with Crippen LogP contribution in [0.25, 0.3) is 33.5 Å². The third-order valence-corrected chi connectivity index (χ3v) is 5.28. The number of benzene rings is 1. The first-order valence-corrected chi connectivity index (χ1v) is 9.72. The van der Waals surface area contributed by atoms with E-state index >= 15 is 0 Å². The van der Waals surface area contributed by atoms with E-state index < -0.39 is 0 Å². The van der Waals surface area contributed by atoms with Crippen LogP contribution in [0.3, 0.4) is 0 Å². The summed E-state index contributed by atoms with van der Waals surface area (Å²) < 4.78 is 25.8. The maximum atomic E-state index is 13.6. The Balaban J connectivity index is 1.73. The van der Waals surface area contributed by atoms with E-state index in [0.29, 0.717) is 40.2 Å². The summed E-state index contributed by atoms with van der Waals surface area (Å²) in [5, 5.41) is 8.15. The number of hydrogen-bond donors (Lipinski definition) is 2. The van der Waals surface area contributed by atoms with Gasteiger partial charge in [0.1, 0.15) is 22.7 Å². The molecule has 0 aliphatic carbocycles. The van der Waals surface area contributed by atoms with Gasteiger partial charge in [0.15, 0.2) is 5.65 Å². The molecule has 31 heavy (non-hydrogen) atoms. The molecule has 4 aromatic rings. The van der Waals surface area contributed by atoms with Gasteiger partial charge in [-0.3, -0.25) is 9.48 Å². The van der Waals surface area contributed by atoms with Gasteiger partial charge in [-0.25, -0.2) is 14.4 Å². The number of amides is 1. The SMILES string of the molecule is COCC(NC(=O)c1c[nH]c2ncc(-c3nn(C)c4cc(F)ccc34)nc12)C(C)OC. The second kappa shape index (κ2) is 8.40. The fourth-order valence-corrected chi connectivity index (χ4v) is 3.48. The molecule has 3 heterocycles. The summed E-state index contributed by atoms with van der Waals surface area (Å²) in [4.78, 5) is 25.0. The highest BCUT2D eigenvalue weighted by atomic mass is 19.1. The number of halogens is 1. The molecule has 9 nitrogen and oxygen atoms in total. The number of carbonyl (C=O) groups is 1. The Bertz CT molecular complexity index is 1250. The molecule has 162 valence electrons. The fraction of sp³-hybridized carbons (Fsp3) is 0.333. The van der Waals surface area contributed by atoms with Gasteiger partial charge in [-0.2, -0.15) is 5.10 Å². The molecule has 0 saturated heterocycles. The van der Waals surface area contributed by atoms with E-state index in [2.05, 4.69) is 25.4 Å². The molecule has 2 N–H and O–H groups in total. The van der Waals surface area contributed by atoms with Gasteiger partial charge in [-0.15, -0.1) is 0 Å². The number of nitrogens with zero attached hydrogens (tertiary/aromatic N) is 4. The van der Waals surface area contributed by atoms with E-state index in [1.807, 2.05) is 6.92 Å². The van der Waals surface area contributed by atoms with Gasteiger partial charge in [-0.1, -0.05) is 0 Å². The largest absolute Gasteiger partial charge is 0.382 e. The molecule has 1 aromatic carbocycles. The van der Waals surface area contributed by atoms with E-state index in [9.17, 15) is 9.18 Å². The van der Waals surface area contributed by atoms with Gasteiger partial charge in [0, 0.05) is 32.9 Å². The molecule has 0 fully saturated rings. The highest BCUT2D eigenvalue weighted by Crippen LogP contribution is 2.28. The van der Waals surface area contributed by atoms with E-state index in [1.165, 1.54) is 12.1 Å². The third kappa shape index (κ3) is 3.87. The van der Waals surface area contributed by atoms with Gasteiger partial charge in [0.2, 0.25) is 0 Å². The highest BCUT2D eigenvalue weighted by molar-refractivity contribution is 6.05. The first kappa shape index (κ1) is 20.9. The lowest BCUT2D eigenvalue weighted by Gasteiger charge is -2.23. The molecule has 2 unspecified atom stereocenters. The van der Waals surface area contributed by atoms with E-state index in [4.69, 9.17) is 9.47 Å². The summed E-state index contributed by atoms with van der Waals surface area (Å²) in [6.07, 6.45) is 2.90. The van der Waals surface area contributed by atoms with Crippen molar-refractivity contribution in [2.75, 3.05) is 20.8 Å². The first-order valence-electron chi connectivity index (χ1n) is 9.72. The Morgan fingerprint density at radius 3 is 2.90 bits per heavy atom. The zero-order chi connectivity index (χ0) is 22.1. The number of rotatable bonds is 7. The van der Waals surface area contributed by atoms with Gasteiger partial charge in [-0.05, 0) is 25.1 Å². The molecule has 3 aromatic heterocycles.